The molecule has 1 aromatic carbocycles. The molecule has 3 rings (SSSR count). The van der Waals surface area contributed by atoms with Crippen molar-refractivity contribution in [2.75, 3.05) is 53.6 Å². The maximum absolute atomic E-state index is 13.4. The average Bonchev–Trinajstić information content (AvgIpc) is 3.27. The second kappa shape index (κ2) is 12.2. The van der Waals surface area contributed by atoms with Crippen molar-refractivity contribution in [2.45, 2.75) is 31.9 Å². The van der Waals surface area contributed by atoms with Gasteiger partial charge in [0.25, 0.3) is 0 Å². The van der Waals surface area contributed by atoms with Crippen LogP contribution < -0.4 is 9.47 Å². The highest BCUT2D eigenvalue weighted by molar-refractivity contribution is 7.10. The molecule has 0 spiro atoms. The van der Waals surface area contributed by atoms with Crippen LogP contribution >= 0.6 is 11.3 Å². The van der Waals surface area contributed by atoms with Crippen LogP contribution in [0.25, 0.3) is 0 Å². The predicted molar refractivity (Wildman–Crippen MR) is 126 cm³/mol. The Balaban J connectivity index is 1.73. The maximum Gasteiger partial charge on any atom is 0.237 e. The number of benzene rings is 1. The molecular formula is C24H34N2O5S. The molecule has 0 fully saturated rings. The molecule has 0 bridgehead atoms. The van der Waals surface area contributed by atoms with E-state index in [9.17, 15) is 9.90 Å². The highest BCUT2D eigenvalue weighted by atomic mass is 32.1. The molecule has 0 unspecified atom stereocenters. The SMILES string of the molecule is CCCN(CC(=O)N1CCc2sccc2[C@@H]1COc1ccccc1OC)C[C@H](O)COC. The molecule has 1 aliphatic heterocycles. The van der Waals surface area contributed by atoms with Crippen LogP contribution in [0.3, 0.4) is 0 Å². The molecule has 32 heavy (non-hydrogen) atoms. The number of hydrogen-bond acceptors (Lipinski definition) is 7. The van der Waals surface area contributed by atoms with Gasteiger partial charge >= 0.3 is 0 Å². The van der Waals surface area contributed by atoms with Crippen molar-refractivity contribution in [1.29, 1.82) is 0 Å². The van der Waals surface area contributed by atoms with Gasteiger partial charge in [0, 0.05) is 25.1 Å². The zero-order valence-corrected chi connectivity index (χ0v) is 20.0. The van der Waals surface area contributed by atoms with Crippen LogP contribution in [0, 0.1) is 0 Å². The van der Waals surface area contributed by atoms with Gasteiger partial charge < -0.3 is 24.2 Å². The van der Waals surface area contributed by atoms with Gasteiger partial charge in [0.05, 0.1) is 32.4 Å². The van der Waals surface area contributed by atoms with Crippen LogP contribution in [-0.4, -0.2) is 80.5 Å². The number of carbonyl (C=O) groups excluding carboxylic acids is 1. The Hall–Kier alpha value is -2.13. The third kappa shape index (κ3) is 6.22. The van der Waals surface area contributed by atoms with E-state index >= 15 is 0 Å². The number of methoxy groups -OCH3 is 2. The lowest BCUT2D eigenvalue weighted by atomic mass is 10.0. The summed E-state index contributed by atoms with van der Waals surface area (Å²) in [6.45, 7) is 4.76. The highest BCUT2D eigenvalue weighted by Gasteiger charge is 2.33. The molecule has 2 heterocycles. The Morgan fingerprint density at radius 2 is 2.06 bits per heavy atom. The monoisotopic (exact) mass is 462 g/mol. The summed E-state index contributed by atoms with van der Waals surface area (Å²) in [7, 11) is 3.19. The number of aliphatic hydroxyl groups is 1. The number of para-hydroxylation sites is 2. The number of carbonyl (C=O) groups is 1. The smallest absolute Gasteiger partial charge is 0.237 e. The van der Waals surface area contributed by atoms with E-state index in [1.165, 1.54) is 4.88 Å². The fourth-order valence-corrected chi connectivity index (χ4v) is 5.09. The standard InChI is InChI=1S/C24H34N2O5S/c1-4-11-25(14-18(27)16-29-2)15-24(28)26-12-9-23-19(10-13-32-23)20(26)17-31-22-8-6-5-7-21(22)30-3/h5-8,10,13,18,20,27H,4,9,11-12,14-17H2,1-3H3/t18-,20-/m0/s1. The summed E-state index contributed by atoms with van der Waals surface area (Å²) in [6, 6.07) is 9.49. The highest BCUT2D eigenvalue weighted by Crippen LogP contribution is 2.35. The first-order chi connectivity index (χ1) is 15.6. The molecule has 2 atom stereocenters. The van der Waals surface area contributed by atoms with Crippen LogP contribution in [0.5, 0.6) is 11.5 Å². The van der Waals surface area contributed by atoms with E-state index < -0.39 is 6.10 Å². The molecule has 176 valence electrons. The number of hydrogen-bond donors (Lipinski definition) is 1. The van der Waals surface area contributed by atoms with Crippen molar-refractivity contribution in [3.63, 3.8) is 0 Å². The topological polar surface area (TPSA) is 71.5 Å². The van der Waals surface area contributed by atoms with Crippen LogP contribution in [-0.2, 0) is 16.0 Å². The number of rotatable bonds is 12. The summed E-state index contributed by atoms with van der Waals surface area (Å²) in [4.78, 5) is 18.6. The predicted octanol–water partition coefficient (Wildman–Crippen LogP) is 2.98. The molecule has 1 aliphatic rings. The lowest BCUT2D eigenvalue weighted by molar-refractivity contribution is -0.136. The minimum atomic E-state index is -0.617. The first kappa shape index (κ1) is 24.5. The van der Waals surface area contributed by atoms with Crippen molar-refractivity contribution >= 4 is 17.2 Å². The largest absolute Gasteiger partial charge is 0.493 e. The summed E-state index contributed by atoms with van der Waals surface area (Å²) in [5.74, 6) is 1.39. The minimum Gasteiger partial charge on any atom is -0.493 e. The zero-order valence-electron chi connectivity index (χ0n) is 19.2. The van der Waals surface area contributed by atoms with Gasteiger partial charge in [-0.1, -0.05) is 19.1 Å². The van der Waals surface area contributed by atoms with Crippen LogP contribution in [0.1, 0.15) is 29.8 Å². The van der Waals surface area contributed by atoms with Crippen LogP contribution in [0.4, 0.5) is 0 Å². The number of thiophene rings is 1. The van der Waals surface area contributed by atoms with Crippen molar-refractivity contribution in [1.82, 2.24) is 9.80 Å². The van der Waals surface area contributed by atoms with Gasteiger partial charge in [-0.25, -0.2) is 0 Å². The fourth-order valence-electron chi connectivity index (χ4n) is 4.16. The van der Waals surface area contributed by atoms with Gasteiger partial charge in [-0.3, -0.25) is 9.69 Å². The molecule has 8 heteroatoms. The molecule has 0 saturated heterocycles. The molecule has 7 nitrogen and oxygen atoms in total. The van der Waals surface area contributed by atoms with E-state index in [1.807, 2.05) is 34.1 Å². The van der Waals surface area contributed by atoms with Gasteiger partial charge in [-0.05, 0) is 48.5 Å². The van der Waals surface area contributed by atoms with Gasteiger partial charge in [-0.2, -0.15) is 0 Å². The Labute approximate surface area is 194 Å². The second-order valence-electron chi connectivity index (χ2n) is 7.96. The van der Waals surface area contributed by atoms with Crippen molar-refractivity contribution in [2.24, 2.45) is 0 Å². The quantitative estimate of drug-likeness (QED) is 0.523. The summed E-state index contributed by atoms with van der Waals surface area (Å²) in [5.41, 5.74) is 1.16. The summed E-state index contributed by atoms with van der Waals surface area (Å²) < 4.78 is 16.6. The molecule has 1 aromatic heterocycles. The Morgan fingerprint density at radius 1 is 1.28 bits per heavy atom. The molecule has 0 saturated carbocycles. The summed E-state index contributed by atoms with van der Waals surface area (Å²) in [5, 5.41) is 12.2. The minimum absolute atomic E-state index is 0.0496. The first-order valence-corrected chi connectivity index (χ1v) is 12.0. The summed E-state index contributed by atoms with van der Waals surface area (Å²) >= 11 is 1.73. The number of fused-ring (bicyclic) bond motifs is 1. The lowest BCUT2D eigenvalue weighted by Gasteiger charge is -2.37. The normalized spacial score (nSPS) is 16.7. The number of aliphatic hydroxyl groups excluding tert-OH is 1. The van der Waals surface area contributed by atoms with Gasteiger partial charge in [0.15, 0.2) is 11.5 Å². The van der Waals surface area contributed by atoms with Crippen LogP contribution in [0.2, 0.25) is 0 Å². The molecular weight excluding hydrogens is 428 g/mol. The molecule has 0 aliphatic carbocycles. The van der Waals surface area contributed by atoms with E-state index in [1.54, 1.807) is 25.6 Å². The molecule has 1 amide bonds. The van der Waals surface area contributed by atoms with Gasteiger partial charge in [0.1, 0.15) is 6.61 Å². The second-order valence-corrected chi connectivity index (χ2v) is 8.96. The van der Waals surface area contributed by atoms with E-state index in [0.29, 0.717) is 31.2 Å². The van der Waals surface area contributed by atoms with Crippen molar-refractivity contribution < 1.29 is 24.1 Å². The van der Waals surface area contributed by atoms with Crippen LogP contribution in [0.15, 0.2) is 35.7 Å². The van der Waals surface area contributed by atoms with Gasteiger partial charge in [-0.15, -0.1) is 11.3 Å². The lowest BCUT2D eigenvalue weighted by Crippen LogP contribution is -2.48. The van der Waals surface area contributed by atoms with Crippen molar-refractivity contribution in [3.05, 3.63) is 46.2 Å². The fraction of sp³-hybridized carbons (Fsp3) is 0.542. The van der Waals surface area contributed by atoms with E-state index in [2.05, 4.69) is 18.4 Å². The Morgan fingerprint density at radius 3 is 2.78 bits per heavy atom. The maximum atomic E-state index is 13.4. The Kier molecular flexibility index (Phi) is 9.35. The zero-order chi connectivity index (χ0) is 22.9. The molecule has 2 aromatic rings. The number of ether oxygens (including phenoxy) is 3. The van der Waals surface area contributed by atoms with E-state index in [4.69, 9.17) is 14.2 Å². The third-order valence-electron chi connectivity index (χ3n) is 5.61. The van der Waals surface area contributed by atoms with E-state index in [0.717, 1.165) is 24.9 Å². The first-order valence-electron chi connectivity index (χ1n) is 11.1. The summed E-state index contributed by atoms with van der Waals surface area (Å²) in [6.07, 6.45) is 1.14. The average molecular weight is 463 g/mol. The molecule has 1 N–H and O–H groups in total. The van der Waals surface area contributed by atoms with E-state index in [-0.39, 0.29) is 25.1 Å². The van der Waals surface area contributed by atoms with Crippen molar-refractivity contribution in [3.8, 4) is 11.5 Å². The molecule has 0 radical (unpaired) electrons. The number of nitrogens with zero attached hydrogens (tertiary/aromatic N) is 2. The van der Waals surface area contributed by atoms with Gasteiger partial charge in [0.2, 0.25) is 5.91 Å². The third-order valence-corrected chi connectivity index (χ3v) is 6.60. The number of amides is 1. The Bertz CT molecular complexity index is 858.